The number of benzene rings is 1. The van der Waals surface area contributed by atoms with Crippen molar-refractivity contribution in [2.75, 3.05) is 0 Å². The molecule has 23 heavy (non-hydrogen) atoms. The minimum atomic E-state index is 0. The molecule has 1 N–H and O–H groups in total. The predicted octanol–water partition coefficient (Wildman–Crippen LogP) is 4.30. The van der Waals surface area contributed by atoms with Crippen LogP contribution < -0.4 is 0 Å². The van der Waals surface area contributed by atoms with Crippen LogP contribution in [0.5, 0.6) is 5.75 Å². The Balaban J connectivity index is 0.00000192. The molecule has 0 bridgehead atoms. The molecule has 0 saturated heterocycles. The fourth-order valence-electron chi connectivity index (χ4n) is 2.64. The molecule has 1 aromatic carbocycles. The summed E-state index contributed by atoms with van der Waals surface area (Å²) < 4.78 is 0.921. The second kappa shape index (κ2) is 7.20. The van der Waals surface area contributed by atoms with E-state index in [4.69, 9.17) is 0 Å². The predicted molar refractivity (Wildman–Crippen MR) is 90.4 cm³/mol. The third-order valence-electron chi connectivity index (χ3n) is 3.81. The second-order valence-corrected chi connectivity index (χ2v) is 6.55. The molecule has 0 saturated carbocycles. The van der Waals surface area contributed by atoms with Crippen LogP contribution in [0.2, 0.25) is 0 Å². The number of carbonyl (C=O) groups excluding carboxylic acids is 1. The number of hydrogen-bond donors (Lipinski definition) is 1. The maximum absolute atomic E-state index is 11.2. The van der Waals surface area contributed by atoms with Gasteiger partial charge in [0.15, 0.2) is 0 Å². The van der Waals surface area contributed by atoms with Crippen LogP contribution in [0.15, 0.2) is 24.3 Å². The summed E-state index contributed by atoms with van der Waals surface area (Å²) in [7, 11) is 0. The van der Waals surface area contributed by atoms with Gasteiger partial charge in [0, 0.05) is 44.0 Å². The number of rotatable bonds is 3. The second-order valence-electron chi connectivity index (χ2n) is 5.33. The maximum atomic E-state index is 11.2. The summed E-state index contributed by atoms with van der Waals surface area (Å²) in [5.74, 6) is 0.242. The van der Waals surface area contributed by atoms with Crippen molar-refractivity contribution in [3.8, 4) is 16.9 Å². The largest absolute Gasteiger partial charge is 0.507 e. The molecule has 2 aromatic heterocycles. The van der Waals surface area contributed by atoms with Gasteiger partial charge < -0.3 is 14.9 Å². The number of aromatic hydroxyl groups is 1. The van der Waals surface area contributed by atoms with Gasteiger partial charge in [0.25, 0.3) is 0 Å². The van der Waals surface area contributed by atoms with Gasteiger partial charge in [0.2, 0.25) is 0 Å². The van der Waals surface area contributed by atoms with E-state index in [0.29, 0.717) is 11.1 Å². The fraction of sp³-hybridized carbons (Fsp3) is 0.222. The SMILES string of the molecule is CCc1ccc(O)c(-c2cc(C)nc3c([C-]=O)c(C)sc23)c1.[Y]. The van der Waals surface area contributed by atoms with Gasteiger partial charge in [-0.15, -0.1) is 5.56 Å². The molecule has 3 rings (SSSR count). The van der Waals surface area contributed by atoms with Crippen molar-refractivity contribution >= 4 is 27.8 Å². The van der Waals surface area contributed by atoms with Gasteiger partial charge in [-0.05, 0) is 52.9 Å². The van der Waals surface area contributed by atoms with Gasteiger partial charge in [-0.25, -0.2) is 11.3 Å². The van der Waals surface area contributed by atoms with E-state index in [2.05, 4.69) is 11.9 Å². The Kier molecular flexibility index (Phi) is 5.72. The molecule has 0 amide bonds. The summed E-state index contributed by atoms with van der Waals surface area (Å²) in [6.45, 7) is 5.87. The standard InChI is InChI=1S/C18H16NO2S.Y/c1-4-12-5-6-16(21)13(8-12)14-7-10(2)19-17-15(9-20)11(3)22-18(14)17;/h5-8,21H,4H2,1-3H3;/q-1;. The van der Waals surface area contributed by atoms with E-state index in [9.17, 15) is 9.90 Å². The average Bonchev–Trinajstić information content (AvgIpc) is 2.82. The van der Waals surface area contributed by atoms with Crippen LogP contribution in [0.25, 0.3) is 21.3 Å². The zero-order chi connectivity index (χ0) is 15.9. The van der Waals surface area contributed by atoms with Gasteiger partial charge in [-0.1, -0.05) is 24.8 Å². The molecule has 1 radical (unpaired) electrons. The van der Waals surface area contributed by atoms with Crippen molar-refractivity contribution in [1.82, 2.24) is 4.98 Å². The molecular formula is C18H16NO2SY-. The Labute approximate surface area is 164 Å². The number of phenols is 1. The summed E-state index contributed by atoms with van der Waals surface area (Å²) in [4.78, 5) is 16.6. The van der Waals surface area contributed by atoms with Crippen LogP contribution in [-0.2, 0) is 43.9 Å². The molecular weight excluding hydrogens is 383 g/mol. The fourth-order valence-corrected chi connectivity index (χ4v) is 3.71. The summed E-state index contributed by atoms with van der Waals surface area (Å²) >= 11 is 1.52. The molecule has 2 heterocycles. The van der Waals surface area contributed by atoms with Crippen LogP contribution in [-0.4, -0.2) is 16.4 Å². The van der Waals surface area contributed by atoms with Crippen molar-refractivity contribution in [3.63, 3.8) is 0 Å². The first-order chi connectivity index (χ1) is 10.5. The number of phenolic OH excluding ortho intramolecular Hbond substituents is 1. The smallest absolute Gasteiger partial charge is 0.123 e. The van der Waals surface area contributed by atoms with Gasteiger partial charge in [-0.3, -0.25) is 0 Å². The quantitative estimate of drug-likeness (QED) is 0.668. The van der Waals surface area contributed by atoms with E-state index < -0.39 is 0 Å². The number of fused-ring (bicyclic) bond motifs is 1. The van der Waals surface area contributed by atoms with Crippen molar-refractivity contribution in [3.05, 3.63) is 46.0 Å². The normalized spacial score (nSPS) is 10.6. The van der Waals surface area contributed by atoms with E-state index in [1.165, 1.54) is 11.3 Å². The number of nitrogens with zero attached hydrogens (tertiary/aromatic N) is 1. The molecule has 0 atom stereocenters. The van der Waals surface area contributed by atoms with Crippen LogP contribution >= 0.6 is 11.3 Å². The zero-order valence-corrected chi connectivity index (χ0v) is 17.0. The van der Waals surface area contributed by atoms with E-state index in [1.807, 2.05) is 38.3 Å². The van der Waals surface area contributed by atoms with Crippen molar-refractivity contribution < 1.29 is 42.6 Å². The topological polar surface area (TPSA) is 50.2 Å². The maximum Gasteiger partial charge on any atom is 0.123 e. The number of thiophene rings is 1. The first-order valence-electron chi connectivity index (χ1n) is 7.16. The third-order valence-corrected chi connectivity index (χ3v) is 4.93. The molecule has 3 nitrogen and oxygen atoms in total. The number of aryl methyl sites for hydroxylation is 3. The van der Waals surface area contributed by atoms with Gasteiger partial charge >= 0.3 is 0 Å². The van der Waals surface area contributed by atoms with Gasteiger partial charge in [-0.2, -0.15) is 0 Å². The number of aromatic nitrogens is 1. The van der Waals surface area contributed by atoms with Crippen LogP contribution in [0.1, 0.15) is 28.6 Å². The Morgan fingerprint density at radius 3 is 2.61 bits per heavy atom. The Hall–Kier alpha value is -1.10. The molecule has 0 aliphatic heterocycles. The molecule has 115 valence electrons. The Bertz CT molecular complexity index is 886. The monoisotopic (exact) mass is 399 g/mol. The van der Waals surface area contributed by atoms with Crippen molar-refractivity contribution in [2.45, 2.75) is 27.2 Å². The molecule has 3 aromatic rings. The minimum absolute atomic E-state index is 0. The minimum Gasteiger partial charge on any atom is -0.507 e. The van der Waals surface area contributed by atoms with E-state index in [0.717, 1.165) is 38.4 Å². The molecule has 0 unspecified atom stereocenters. The van der Waals surface area contributed by atoms with Crippen molar-refractivity contribution in [1.29, 1.82) is 0 Å². The first kappa shape index (κ1) is 18.2. The Morgan fingerprint density at radius 2 is 1.96 bits per heavy atom. The summed E-state index contributed by atoms with van der Waals surface area (Å²) in [6.07, 6.45) is 2.90. The van der Waals surface area contributed by atoms with Gasteiger partial charge in [0.05, 0.1) is 6.29 Å². The van der Waals surface area contributed by atoms with E-state index in [1.54, 1.807) is 6.07 Å². The number of hydrogen-bond acceptors (Lipinski definition) is 4. The zero-order valence-electron chi connectivity index (χ0n) is 13.3. The summed E-state index contributed by atoms with van der Waals surface area (Å²) in [5, 5.41) is 10.3. The molecule has 0 aliphatic rings. The average molecular weight is 399 g/mol. The summed E-state index contributed by atoms with van der Waals surface area (Å²) in [6, 6.07) is 7.61. The van der Waals surface area contributed by atoms with E-state index in [-0.39, 0.29) is 38.5 Å². The molecule has 0 spiro atoms. The van der Waals surface area contributed by atoms with Crippen molar-refractivity contribution in [2.24, 2.45) is 0 Å². The van der Waals surface area contributed by atoms with Crippen LogP contribution in [0.3, 0.4) is 0 Å². The molecule has 0 fully saturated rings. The van der Waals surface area contributed by atoms with E-state index >= 15 is 0 Å². The first-order valence-corrected chi connectivity index (χ1v) is 7.98. The third kappa shape index (κ3) is 3.26. The Morgan fingerprint density at radius 1 is 1.22 bits per heavy atom. The molecule has 0 aliphatic carbocycles. The van der Waals surface area contributed by atoms with Crippen LogP contribution in [0.4, 0.5) is 0 Å². The summed E-state index contributed by atoms with van der Waals surface area (Å²) in [5.41, 5.74) is 4.88. The van der Waals surface area contributed by atoms with Gasteiger partial charge in [0.1, 0.15) is 5.75 Å². The van der Waals surface area contributed by atoms with Crippen LogP contribution in [0, 0.1) is 13.8 Å². The molecule has 5 heteroatoms. The number of pyridine rings is 1.